The third kappa shape index (κ3) is 3.11. The van der Waals surface area contributed by atoms with E-state index in [9.17, 15) is 14.0 Å². The summed E-state index contributed by atoms with van der Waals surface area (Å²) in [6, 6.07) is 11.5. The molecule has 5 heteroatoms. The molecular weight excluding hydrogens is 355 g/mol. The van der Waals surface area contributed by atoms with Gasteiger partial charge in [-0.3, -0.25) is 9.59 Å². The number of aryl methyl sites for hydroxylation is 2. The quantitative estimate of drug-likeness (QED) is 0.751. The molecule has 4 rings (SSSR count). The number of imide groups is 1. The summed E-state index contributed by atoms with van der Waals surface area (Å²) >= 11 is 0. The first-order valence-electron chi connectivity index (χ1n) is 9.68. The molecule has 1 fully saturated rings. The molecule has 0 bridgehead atoms. The maximum absolute atomic E-state index is 13.4. The fourth-order valence-electron chi connectivity index (χ4n) is 4.08. The van der Waals surface area contributed by atoms with Gasteiger partial charge in [-0.1, -0.05) is 29.8 Å². The van der Waals surface area contributed by atoms with Gasteiger partial charge in [0.25, 0.3) is 11.8 Å². The Morgan fingerprint density at radius 2 is 1.54 bits per heavy atom. The molecule has 144 valence electrons. The van der Waals surface area contributed by atoms with E-state index in [0.717, 1.165) is 43.5 Å². The van der Waals surface area contributed by atoms with E-state index in [4.69, 9.17) is 0 Å². The molecule has 1 saturated heterocycles. The zero-order valence-electron chi connectivity index (χ0n) is 16.2. The number of carbonyl (C=O) groups excluding carboxylic acids is 2. The van der Waals surface area contributed by atoms with E-state index < -0.39 is 0 Å². The lowest BCUT2D eigenvalue weighted by molar-refractivity contribution is -0.120. The van der Waals surface area contributed by atoms with Gasteiger partial charge in [-0.2, -0.15) is 0 Å². The van der Waals surface area contributed by atoms with Crippen molar-refractivity contribution in [1.29, 1.82) is 0 Å². The van der Waals surface area contributed by atoms with Crippen molar-refractivity contribution in [2.24, 2.45) is 0 Å². The van der Waals surface area contributed by atoms with Gasteiger partial charge in [0.1, 0.15) is 11.5 Å². The van der Waals surface area contributed by atoms with Crippen LogP contribution < -0.4 is 4.90 Å². The summed E-state index contributed by atoms with van der Waals surface area (Å²) in [5.41, 5.74) is 3.94. The van der Waals surface area contributed by atoms with Gasteiger partial charge >= 0.3 is 0 Å². The summed E-state index contributed by atoms with van der Waals surface area (Å²) < 4.78 is 13.4. The van der Waals surface area contributed by atoms with Crippen LogP contribution in [0, 0.1) is 19.7 Å². The van der Waals surface area contributed by atoms with E-state index in [-0.39, 0.29) is 17.6 Å². The lowest BCUT2D eigenvalue weighted by Crippen LogP contribution is -2.37. The topological polar surface area (TPSA) is 40.6 Å². The van der Waals surface area contributed by atoms with Crippen molar-refractivity contribution >= 4 is 23.1 Å². The van der Waals surface area contributed by atoms with Gasteiger partial charge in [-0.15, -0.1) is 0 Å². The van der Waals surface area contributed by atoms with E-state index in [1.165, 1.54) is 17.0 Å². The molecule has 0 N–H and O–H groups in total. The number of hydrogen-bond acceptors (Lipinski definition) is 3. The predicted octanol–water partition coefficient (Wildman–Crippen LogP) is 4.21. The molecule has 2 aliphatic rings. The van der Waals surface area contributed by atoms with Gasteiger partial charge in [0, 0.05) is 13.1 Å². The Morgan fingerprint density at radius 1 is 0.857 bits per heavy atom. The number of likely N-dealkylation sites (tertiary alicyclic amines) is 1. The minimum atomic E-state index is -0.369. The van der Waals surface area contributed by atoms with Gasteiger partial charge < -0.3 is 4.90 Å². The standard InChI is InChI=1S/C23H23FN2O2/c1-15-6-11-19(16(2)14-15)26-22(27)20(17-7-9-18(24)10-8-17)21(23(26)28)25-12-4-3-5-13-25/h6-11,14H,3-5,12-13H2,1-2H3. The van der Waals surface area contributed by atoms with Crippen LogP contribution in [0.15, 0.2) is 48.2 Å². The number of anilines is 1. The monoisotopic (exact) mass is 378 g/mol. The first-order chi connectivity index (χ1) is 13.5. The third-order valence-electron chi connectivity index (χ3n) is 5.46. The average molecular weight is 378 g/mol. The lowest BCUT2D eigenvalue weighted by Gasteiger charge is -2.29. The van der Waals surface area contributed by atoms with Gasteiger partial charge in [0.15, 0.2) is 0 Å². The molecule has 2 aromatic carbocycles. The van der Waals surface area contributed by atoms with Crippen LogP contribution in [0.4, 0.5) is 10.1 Å². The second-order valence-electron chi connectivity index (χ2n) is 7.51. The number of piperidine rings is 1. The minimum Gasteiger partial charge on any atom is -0.366 e. The fourth-order valence-corrected chi connectivity index (χ4v) is 4.08. The summed E-state index contributed by atoms with van der Waals surface area (Å²) in [6.07, 6.45) is 3.11. The second-order valence-corrected chi connectivity index (χ2v) is 7.51. The molecular formula is C23H23FN2O2. The number of halogens is 1. The number of nitrogens with zero attached hydrogens (tertiary/aromatic N) is 2. The van der Waals surface area contributed by atoms with Crippen LogP contribution in [0.1, 0.15) is 36.0 Å². The van der Waals surface area contributed by atoms with Crippen LogP contribution in [0.3, 0.4) is 0 Å². The Labute approximate surface area is 164 Å². The first kappa shape index (κ1) is 18.4. The van der Waals surface area contributed by atoms with Gasteiger partial charge in [-0.25, -0.2) is 9.29 Å². The van der Waals surface area contributed by atoms with Crippen LogP contribution in [0.5, 0.6) is 0 Å². The number of carbonyl (C=O) groups is 2. The van der Waals surface area contributed by atoms with Crippen molar-refractivity contribution in [3.05, 3.63) is 70.7 Å². The van der Waals surface area contributed by atoms with E-state index in [0.29, 0.717) is 22.5 Å². The van der Waals surface area contributed by atoms with E-state index >= 15 is 0 Å². The summed E-state index contributed by atoms with van der Waals surface area (Å²) in [5.74, 6) is -1.01. The zero-order chi connectivity index (χ0) is 19.8. The van der Waals surface area contributed by atoms with Crippen molar-refractivity contribution in [1.82, 2.24) is 4.90 Å². The lowest BCUT2D eigenvalue weighted by atomic mass is 10.0. The van der Waals surface area contributed by atoms with E-state index in [2.05, 4.69) is 0 Å². The smallest absolute Gasteiger partial charge is 0.282 e. The highest BCUT2D eigenvalue weighted by atomic mass is 19.1. The molecule has 0 saturated carbocycles. The fraction of sp³-hybridized carbons (Fsp3) is 0.304. The SMILES string of the molecule is Cc1ccc(N2C(=O)C(c3ccc(F)cc3)=C(N3CCCCC3)C2=O)c(C)c1. The highest BCUT2D eigenvalue weighted by Gasteiger charge is 2.43. The predicted molar refractivity (Wildman–Crippen MR) is 107 cm³/mol. The molecule has 0 aliphatic carbocycles. The number of amides is 2. The Balaban J connectivity index is 1.84. The summed E-state index contributed by atoms with van der Waals surface area (Å²) in [7, 11) is 0. The minimum absolute atomic E-state index is 0.293. The Hall–Kier alpha value is -2.95. The molecule has 2 aliphatic heterocycles. The van der Waals surface area contributed by atoms with Gasteiger partial charge in [-0.05, 0) is 62.4 Å². The number of benzene rings is 2. The van der Waals surface area contributed by atoms with Gasteiger partial charge in [0.2, 0.25) is 0 Å². The highest BCUT2D eigenvalue weighted by molar-refractivity contribution is 6.45. The molecule has 2 amide bonds. The maximum Gasteiger partial charge on any atom is 0.282 e. The highest BCUT2D eigenvalue weighted by Crippen LogP contribution is 2.37. The number of rotatable bonds is 3. The first-order valence-corrected chi connectivity index (χ1v) is 9.68. The molecule has 4 nitrogen and oxygen atoms in total. The molecule has 0 unspecified atom stereocenters. The average Bonchev–Trinajstić information content (AvgIpc) is 2.94. The number of hydrogen-bond donors (Lipinski definition) is 0. The van der Waals surface area contributed by atoms with Crippen LogP contribution in [-0.4, -0.2) is 29.8 Å². The molecule has 0 radical (unpaired) electrons. The van der Waals surface area contributed by atoms with Crippen LogP contribution >= 0.6 is 0 Å². The van der Waals surface area contributed by atoms with Crippen molar-refractivity contribution in [2.75, 3.05) is 18.0 Å². The molecule has 28 heavy (non-hydrogen) atoms. The second kappa shape index (κ2) is 7.23. The third-order valence-corrected chi connectivity index (χ3v) is 5.46. The Morgan fingerprint density at radius 3 is 2.18 bits per heavy atom. The zero-order valence-corrected chi connectivity index (χ0v) is 16.2. The Bertz CT molecular complexity index is 973. The summed E-state index contributed by atoms with van der Waals surface area (Å²) in [6.45, 7) is 5.38. The normalized spacial score (nSPS) is 17.7. The van der Waals surface area contributed by atoms with E-state index in [1.807, 2.05) is 36.9 Å². The van der Waals surface area contributed by atoms with Crippen LogP contribution in [0.2, 0.25) is 0 Å². The maximum atomic E-state index is 13.4. The molecule has 0 aromatic heterocycles. The van der Waals surface area contributed by atoms with Crippen molar-refractivity contribution in [2.45, 2.75) is 33.1 Å². The van der Waals surface area contributed by atoms with Crippen LogP contribution in [-0.2, 0) is 9.59 Å². The molecule has 2 aromatic rings. The summed E-state index contributed by atoms with van der Waals surface area (Å²) in [4.78, 5) is 30.1. The van der Waals surface area contributed by atoms with E-state index in [1.54, 1.807) is 12.1 Å². The molecule has 0 spiro atoms. The van der Waals surface area contributed by atoms with Crippen molar-refractivity contribution in [3.63, 3.8) is 0 Å². The van der Waals surface area contributed by atoms with Gasteiger partial charge in [0.05, 0.1) is 11.3 Å². The van der Waals surface area contributed by atoms with Crippen molar-refractivity contribution < 1.29 is 14.0 Å². The van der Waals surface area contributed by atoms with Crippen molar-refractivity contribution in [3.8, 4) is 0 Å². The van der Waals surface area contributed by atoms with Crippen LogP contribution in [0.25, 0.3) is 5.57 Å². The molecule has 0 atom stereocenters. The largest absolute Gasteiger partial charge is 0.366 e. The summed E-state index contributed by atoms with van der Waals surface area (Å²) in [5, 5.41) is 0. The Kier molecular flexibility index (Phi) is 4.75. The molecule has 2 heterocycles.